The Balaban J connectivity index is 4.19. The Hall–Kier alpha value is -1.10. The third-order valence-electron chi connectivity index (χ3n) is 3.05. The highest BCUT2D eigenvalue weighted by Gasteiger charge is 2.22. The smallest absolute Gasteiger partial charge is 0.328 e. The Morgan fingerprint density at radius 3 is 2.32 bits per heavy atom. The van der Waals surface area contributed by atoms with Crippen LogP contribution in [-0.4, -0.2) is 31.6 Å². The van der Waals surface area contributed by atoms with Crippen molar-refractivity contribution in [2.24, 2.45) is 17.6 Å². The van der Waals surface area contributed by atoms with E-state index in [0.717, 1.165) is 12.8 Å². The van der Waals surface area contributed by atoms with Crippen LogP contribution in [0.4, 0.5) is 0 Å². The molecule has 0 aliphatic carbocycles. The first-order valence-corrected chi connectivity index (χ1v) is 6.97. The highest BCUT2D eigenvalue weighted by molar-refractivity contribution is 5.84. The number of hydrogen-bond acceptors (Lipinski definition) is 4. The van der Waals surface area contributed by atoms with Crippen molar-refractivity contribution in [3.05, 3.63) is 0 Å². The SMILES string of the molecule is COC(=O)[C@H](CC(C)C)NC(=O)CCC(C)CCN. The lowest BCUT2D eigenvalue weighted by molar-refractivity contribution is -0.145. The minimum absolute atomic E-state index is 0.0973. The second-order valence-corrected chi connectivity index (χ2v) is 5.49. The molecule has 5 heteroatoms. The summed E-state index contributed by atoms with van der Waals surface area (Å²) < 4.78 is 4.71. The van der Waals surface area contributed by atoms with Gasteiger partial charge in [-0.05, 0) is 37.6 Å². The first-order chi connectivity index (χ1) is 8.90. The number of carbonyl (C=O) groups excluding carboxylic acids is 2. The standard InChI is InChI=1S/C14H28N2O3/c1-10(2)9-12(14(18)19-4)16-13(17)6-5-11(3)7-8-15/h10-12H,5-9,15H2,1-4H3,(H,16,17)/t11?,12-/m0/s1. The molecule has 0 spiro atoms. The molecule has 0 saturated heterocycles. The summed E-state index contributed by atoms with van der Waals surface area (Å²) in [5.74, 6) is 0.273. The number of nitrogens with one attached hydrogen (secondary N) is 1. The van der Waals surface area contributed by atoms with Crippen molar-refractivity contribution in [3.63, 3.8) is 0 Å². The summed E-state index contributed by atoms with van der Waals surface area (Å²) in [5, 5.41) is 2.75. The molecule has 0 aromatic rings. The van der Waals surface area contributed by atoms with Gasteiger partial charge in [0.1, 0.15) is 6.04 Å². The van der Waals surface area contributed by atoms with Crippen LogP contribution in [0.5, 0.6) is 0 Å². The highest BCUT2D eigenvalue weighted by Crippen LogP contribution is 2.10. The second-order valence-electron chi connectivity index (χ2n) is 5.49. The summed E-state index contributed by atoms with van der Waals surface area (Å²) in [7, 11) is 1.34. The Bertz CT molecular complexity index is 280. The Morgan fingerprint density at radius 2 is 1.84 bits per heavy atom. The number of hydrogen-bond donors (Lipinski definition) is 2. The summed E-state index contributed by atoms with van der Waals surface area (Å²) >= 11 is 0. The minimum atomic E-state index is -0.540. The number of nitrogens with two attached hydrogens (primary N) is 1. The van der Waals surface area contributed by atoms with Crippen molar-refractivity contribution < 1.29 is 14.3 Å². The van der Waals surface area contributed by atoms with Crippen molar-refractivity contribution in [2.45, 2.75) is 52.5 Å². The molecule has 5 nitrogen and oxygen atoms in total. The molecular weight excluding hydrogens is 244 g/mol. The maximum absolute atomic E-state index is 11.8. The molecule has 0 aromatic carbocycles. The van der Waals surface area contributed by atoms with Crippen molar-refractivity contribution in [2.75, 3.05) is 13.7 Å². The van der Waals surface area contributed by atoms with Gasteiger partial charge < -0.3 is 15.8 Å². The fourth-order valence-corrected chi connectivity index (χ4v) is 1.90. The van der Waals surface area contributed by atoms with Gasteiger partial charge in [-0.1, -0.05) is 20.8 Å². The summed E-state index contributed by atoms with van der Waals surface area (Å²) in [6.07, 6.45) is 2.72. The zero-order chi connectivity index (χ0) is 14.8. The second kappa shape index (κ2) is 9.78. The molecule has 0 heterocycles. The van der Waals surface area contributed by atoms with Crippen LogP contribution in [0.1, 0.15) is 46.5 Å². The lowest BCUT2D eigenvalue weighted by Gasteiger charge is -2.18. The molecule has 0 rings (SSSR count). The molecule has 0 bridgehead atoms. The zero-order valence-electron chi connectivity index (χ0n) is 12.6. The van der Waals surface area contributed by atoms with E-state index in [1.54, 1.807) is 0 Å². The number of amides is 1. The van der Waals surface area contributed by atoms with E-state index < -0.39 is 6.04 Å². The van der Waals surface area contributed by atoms with Crippen molar-refractivity contribution in [1.82, 2.24) is 5.32 Å². The van der Waals surface area contributed by atoms with Crippen LogP contribution in [0.25, 0.3) is 0 Å². The van der Waals surface area contributed by atoms with Crippen LogP contribution in [0.15, 0.2) is 0 Å². The number of methoxy groups -OCH3 is 1. The number of rotatable bonds is 9. The van der Waals surface area contributed by atoms with E-state index in [-0.39, 0.29) is 11.9 Å². The zero-order valence-corrected chi connectivity index (χ0v) is 12.6. The van der Waals surface area contributed by atoms with Crippen LogP contribution in [0, 0.1) is 11.8 Å². The molecule has 1 unspecified atom stereocenters. The van der Waals surface area contributed by atoms with Crippen molar-refractivity contribution in [3.8, 4) is 0 Å². The predicted octanol–water partition coefficient (Wildman–Crippen LogP) is 1.46. The Labute approximate surface area is 116 Å². The first-order valence-electron chi connectivity index (χ1n) is 6.97. The van der Waals surface area contributed by atoms with E-state index in [2.05, 4.69) is 12.2 Å². The molecule has 0 aliphatic heterocycles. The fraction of sp³-hybridized carbons (Fsp3) is 0.857. The topological polar surface area (TPSA) is 81.4 Å². The Kier molecular flexibility index (Phi) is 9.21. The summed E-state index contributed by atoms with van der Waals surface area (Å²) in [6.45, 7) is 6.73. The van der Waals surface area contributed by atoms with Crippen LogP contribution in [0.3, 0.4) is 0 Å². The van der Waals surface area contributed by atoms with E-state index in [4.69, 9.17) is 10.5 Å². The molecule has 1 amide bonds. The van der Waals surface area contributed by atoms with E-state index in [1.165, 1.54) is 7.11 Å². The molecule has 3 N–H and O–H groups in total. The fourth-order valence-electron chi connectivity index (χ4n) is 1.90. The van der Waals surface area contributed by atoms with E-state index in [9.17, 15) is 9.59 Å². The monoisotopic (exact) mass is 272 g/mol. The third-order valence-corrected chi connectivity index (χ3v) is 3.05. The molecule has 112 valence electrons. The highest BCUT2D eigenvalue weighted by atomic mass is 16.5. The van der Waals surface area contributed by atoms with Gasteiger partial charge in [0.2, 0.25) is 5.91 Å². The van der Waals surface area contributed by atoms with E-state index in [0.29, 0.717) is 31.2 Å². The quantitative estimate of drug-likeness (QED) is 0.623. The summed E-state index contributed by atoms with van der Waals surface area (Å²) in [6, 6.07) is -0.540. The maximum atomic E-state index is 11.8. The lowest BCUT2D eigenvalue weighted by Crippen LogP contribution is -2.42. The van der Waals surface area contributed by atoms with E-state index >= 15 is 0 Å². The van der Waals surface area contributed by atoms with Crippen LogP contribution in [0.2, 0.25) is 0 Å². The largest absolute Gasteiger partial charge is 0.467 e. The molecule has 2 atom stereocenters. The van der Waals surface area contributed by atoms with Crippen LogP contribution >= 0.6 is 0 Å². The number of ether oxygens (including phenoxy) is 1. The molecule has 0 radical (unpaired) electrons. The van der Waals surface area contributed by atoms with Crippen LogP contribution < -0.4 is 11.1 Å². The van der Waals surface area contributed by atoms with Gasteiger partial charge in [0, 0.05) is 6.42 Å². The van der Waals surface area contributed by atoms with Crippen molar-refractivity contribution >= 4 is 11.9 Å². The molecular formula is C14H28N2O3. The average Bonchev–Trinajstić information content (AvgIpc) is 2.34. The average molecular weight is 272 g/mol. The maximum Gasteiger partial charge on any atom is 0.328 e. The molecule has 0 aromatic heterocycles. The predicted molar refractivity (Wildman–Crippen MR) is 75.5 cm³/mol. The van der Waals surface area contributed by atoms with Crippen molar-refractivity contribution in [1.29, 1.82) is 0 Å². The first kappa shape index (κ1) is 17.9. The summed E-state index contributed by atoms with van der Waals surface area (Å²) in [4.78, 5) is 23.4. The normalized spacial score (nSPS) is 14.0. The number of esters is 1. The van der Waals surface area contributed by atoms with Gasteiger partial charge >= 0.3 is 5.97 Å². The Morgan fingerprint density at radius 1 is 1.21 bits per heavy atom. The van der Waals surface area contributed by atoms with Crippen LogP contribution in [-0.2, 0) is 14.3 Å². The van der Waals surface area contributed by atoms with Gasteiger partial charge in [-0.25, -0.2) is 4.79 Å². The third kappa shape index (κ3) is 8.59. The van der Waals surface area contributed by atoms with Gasteiger partial charge in [0.25, 0.3) is 0 Å². The molecule has 19 heavy (non-hydrogen) atoms. The van der Waals surface area contributed by atoms with Gasteiger partial charge in [0.05, 0.1) is 7.11 Å². The molecule has 0 fully saturated rings. The lowest BCUT2D eigenvalue weighted by atomic mass is 10.0. The molecule has 0 aliphatic rings. The minimum Gasteiger partial charge on any atom is -0.467 e. The van der Waals surface area contributed by atoms with E-state index in [1.807, 2.05) is 13.8 Å². The van der Waals surface area contributed by atoms with Gasteiger partial charge in [0.15, 0.2) is 0 Å². The van der Waals surface area contributed by atoms with Gasteiger partial charge in [-0.15, -0.1) is 0 Å². The number of carbonyl (C=O) groups is 2. The van der Waals surface area contributed by atoms with Gasteiger partial charge in [-0.3, -0.25) is 4.79 Å². The molecule has 0 saturated carbocycles. The summed E-state index contributed by atoms with van der Waals surface area (Å²) in [5.41, 5.74) is 5.47. The van der Waals surface area contributed by atoms with Gasteiger partial charge in [-0.2, -0.15) is 0 Å².